The lowest BCUT2D eigenvalue weighted by Crippen LogP contribution is -2.10. The van der Waals surface area contributed by atoms with Gasteiger partial charge in [0.2, 0.25) is 0 Å². The van der Waals surface area contributed by atoms with Crippen LogP contribution < -0.4 is 14.4 Å². The van der Waals surface area contributed by atoms with E-state index in [1.807, 2.05) is 24.3 Å². The van der Waals surface area contributed by atoms with Crippen LogP contribution in [-0.4, -0.2) is 18.8 Å². The van der Waals surface area contributed by atoms with Crippen LogP contribution in [0.3, 0.4) is 0 Å². The molecule has 0 aliphatic rings. The maximum atomic E-state index is 5.55. The molecular weight excluding hydrogens is 444 g/mol. The third-order valence-corrected chi connectivity index (χ3v) is 6.55. The van der Waals surface area contributed by atoms with Gasteiger partial charge in [0.25, 0.3) is 0 Å². The molecule has 5 aromatic carbocycles. The van der Waals surface area contributed by atoms with Gasteiger partial charge in [-0.05, 0) is 60.7 Å². The minimum absolute atomic E-state index is 0.808. The van der Waals surface area contributed by atoms with Crippen molar-refractivity contribution in [2.45, 2.75) is 0 Å². The monoisotopic (exact) mass is 470 g/mol. The molecule has 0 amide bonds. The van der Waals surface area contributed by atoms with Crippen molar-refractivity contribution >= 4 is 38.9 Å². The largest absolute Gasteiger partial charge is 0.497 e. The van der Waals surface area contributed by atoms with Crippen LogP contribution in [0.5, 0.6) is 11.5 Å². The van der Waals surface area contributed by atoms with Crippen LogP contribution in [0.15, 0.2) is 121 Å². The molecule has 0 radical (unpaired) electrons. The Labute approximate surface area is 210 Å². The van der Waals surface area contributed by atoms with E-state index < -0.39 is 0 Å². The summed E-state index contributed by atoms with van der Waals surface area (Å²) in [6.45, 7) is 0. The van der Waals surface area contributed by atoms with E-state index in [2.05, 4.69) is 107 Å². The Morgan fingerprint density at radius 3 is 1.75 bits per heavy atom. The topological polar surface area (TPSA) is 26.6 Å². The van der Waals surface area contributed by atoms with Gasteiger partial charge >= 0.3 is 0 Å². The molecule has 0 spiro atoms. The van der Waals surface area contributed by atoms with Crippen molar-refractivity contribution < 1.29 is 9.47 Å². The van der Waals surface area contributed by atoms with Crippen molar-refractivity contribution in [3.63, 3.8) is 0 Å². The summed E-state index contributed by atoms with van der Waals surface area (Å²) in [7, 11) is 3.39. The molecule has 0 aliphatic heterocycles. The number of rotatable bonds is 6. The molecule has 0 saturated heterocycles. The van der Waals surface area contributed by atoms with Crippen molar-refractivity contribution in [1.29, 1.82) is 0 Å². The van der Waals surface area contributed by atoms with Crippen LogP contribution in [0.4, 0.5) is 17.1 Å². The van der Waals surface area contributed by atoms with Crippen LogP contribution >= 0.6 is 0 Å². The molecule has 0 unspecified atom stereocenters. The van der Waals surface area contributed by atoms with Crippen molar-refractivity contribution in [3.8, 4) is 17.2 Å². The van der Waals surface area contributed by atoms with Crippen LogP contribution in [0, 0.1) is 0 Å². The number of hydrogen-bond donors (Lipinski definition) is 0. The molecule has 0 N–H and O–H groups in total. The van der Waals surface area contributed by atoms with Crippen molar-refractivity contribution in [2.75, 3.05) is 19.1 Å². The summed E-state index contributed by atoms with van der Waals surface area (Å²) in [5.74, 6) is 1.62. The lowest BCUT2D eigenvalue weighted by atomic mass is 10.1. The second-order valence-corrected chi connectivity index (χ2v) is 8.63. The first-order valence-electron chi connectivity index (χ1n) is 11.9. The summed E-state index contributed by atoms with van der Waals surface area (Å²) in [5.41, 5.74) is 6.57. The van der Waals surface area contributed by atoms with Gasteiger partial charge in [0.05, 0.1) is 25.3 Å². The molecule has 0 atom stereocenters. The van der Waals surface area contributed by atoms with Crippen molar-refractivity contribution in [2.24, 2.45) is 0 Å². The third kappa shape index (κ3) is 3.73. The maximum Gasteiger partial charge on any atom is 0.120 e. The van der Waals surface area contributed by atoms with Gasteiger partial charge in [-0.25, -0.2) is 0 Å². The predicted molar refractivity (Wildman–Crippen MR) is 149 cm³/mol. The summed E-state index contributed by atoms with van der Waals surface area (Å²) >= 11 is 0. The fraction of sp³-hybridized carbons (Fsp3) is 0.0625. The number of para-hydroxylation sites is 2. The molecule has 1 heterocycles. The quantitative estimate of drug-likeness (QED) is 0.245. The predicted octanol–water partition coefficient (Wildman–Crippen LogP) is 8.27. The molecule has 6 rings (SSSR count). The number of anilines is 3. The van der Waals surface area contributed by atoms with Gasteiger partial charge in [0.15, 0.2) is 0 Å². The highest BCUT2D eigenvalue weighted by Crippen LogP contribution is 2.41. The van der Waals surface area contributed by atoms with Gasteiger partial charge in [-0.1, -0.05) is 48.5 Å². The highest BCUT2D eigenvalue weighted by molar-refractivity contribution is 6.10. The first-order chi connectivity index (χ1) is 17.8. The average molecular weight is 471 g/mol. The average Bonchev–Trinajstić information content (AvgIpc) is 3.28. The van der Waals surface area contributed by atoms with E-state index in [1.54, 1.807) is 14.2 Å². The summed E-state index contributed by atoms with van der Waals surface area (Å²) in [6.07, 6.45) is 0. The van der Waals surface area contributed by atoms with Crippen LogP contribution in [-0.2, 0) is 0 Å². The zero-order valence-corrected chi connectivity index (χ0v) is 20.3. The minimum atomic E-state index is 0.808. The second kappa shape index (κ2) is 9.16. The third-order valence-electron chi connectivity index (χ3n) is 6.55. The number of ether oxygens (including phenoxy) is 2. The van der Waals surface area contributed by atoms with Crippen molar-refractivity contribution in [3.05, 3.63) is 121 Å². The lowest BCUT2D eigenvalue weighted by Gasteiger charge is -2.26. The van der Waals surface area contributed by atoms with E-state index in [4.69, 9.17) is 9.47 Å². The molecule has 1 aromatic heterocycles. The number of methoxy groups -OCH3 is 2. The van der Waals surface area contributed by atoms with Crippen LogP contribution in [0.2, 0.25) is 0 Å². The molecule has 0 bridgehead atoms. The molecule has 4 heteroatoms. The maximum absolute atomic E-state index is 5.55. The summed E-state index contributed by atoms with van der Waals surface area (Å²) in [4.78, 5) is 2.24. The van der Waals surface area contributed by atoms with Gasteiger partial charge in [0.1, 0.15) is 11.5 Å². The molecule has 36 heavy (non-hydrogen) atoms. The van der Waals surface area contributed by atoms with E-state index in [1.165, 1.54) is 21.8 Å². The van der Waals surface area contributed by atoms with E-state index >= 15 is 0 Å². The molecular formula is C32H26N2O2. The standard InChI is InChI=1S/C32H26N2O2/c1-35-27-14-8-12-24(20-27)33(25-13-9-15-28(21-25)36-2)26-18-19-32-30(22-26)29-16-6-7-17-31(29)34(32)23-10-4-3-5-11-23/h3-22H,1-2H3. The van der Waals surface area contributed by atoms with Gasteiger partial charge in [-0.15, -0.1) is 0 Å². The Balaban J connectivity index is 1.61. The zero-order chi connectivity index (χ0) is 24.5. The summed E-state index contributed by atoms with van der Waals surface area (Å²) < 4.78 is 13.4. The van der Waals surface area contributed by atoms with Crippen LogP contribution in [0.25, 0.3) is 27.5 Å². The molecule has 0 saturated carbocycles. The number of nitrogens with zero attached hydrogens (tertiary/aromatic N) is 2. The Bertz CT molecular complexity index is 1620. The molecule has 4 nitrogen and oxygen atoms in total. The van der Waals surface area contributed by atoms with E-state index in [-0.39, 0.29) is 0 Å². The highest BCUT2D eigenvalue weighted by atomic mass is 16.5. The molecule has 176 valence electrons. The Hall–Kier alpha value is -4.70. The number of benzene rings is 5. The number of hydrogen-bond acceptors (Lipinski definition) is 3. The van der Waals surface area contributed by atoms with E-state index in [9.17, 15) is 0 Å². The normalized spacial score (nSPS) is 11.1. The number of aromatic nitrogens is 1. The molecule has 6 aromatic rings. The smallest absolute Gasteiger partial charge is 0.120 e. The SMILES string of the molecule is COc1cccc(N(c2cccc(OC)c2)c2ccc3c(c2)c2ccccc2n3-c2ccccc2)c1. The lowest BCUT2D eigenvalue weighted by molar-refractivity contribution is 0.414. The Kier molecular flexibility index (Phi) is 5.55. The van der Waals surface area contributed by atoms with Crippen molar-refractivity contribution in [1.82, 2.24) is 4.57 Å². The minimum Gasteiger partial charge on any atom is -0.497 e. The van der Waals surface area contributed by atoms with Gasteiger partial charge in [0, 0.05) is 45.7 Å². The first kappa shape index (κ1) is 21.8. The first-order valence-corrected chi connectivity index (χ1v) is 11.9. The molecule has 0 fully saturated rings. The fourth-order valence-corrected chi connectivity index (χ4v) is 4.90. The molecule has 0 aliphatic carbocycles. The second-order valence-electron chi connectivity index (χ2n) is 8.63. The fourth-order valence-electron chi connectivity index (χ4n) is 4.90. The van der Waals surface area contributed by atoms with E-state index in [0.29, 0.717) is 0 Å². The van der Waals surface area contributed by atoms with Gasteiger partial charge in [-0.2, -0.15) is 0 Å². The van der Waals surface area contributed by atoms with Gasteiger partial charge < -0.3 is 18.9 Å². The number of fused-ring (bicyclic) bond motifs is 3. The zero-order valence-electron chi connectivity index (χ0n) is 20.3. The highest BCUT2D eigenvalue weighted by Gasteiger charge is 2.18. The summed E-state index contributed by atoms with van der Waals surface area (Å²) in [5, 5.41) is 2.41. The summed E-state index contributed by atoms with van der Waals surface area (Å²) in [6, 6.07) is 42.0. The Morgan fingerprint density at radius 1 is 0.500 bits per heavy atom. The van der Waals surface area contributed by atoms with E-state index in [0.717, 1.165) is 34.2 Å². The van der Waals surface area contributed by atoms with Gasteiger partial charge in [-0.3, -0.25) is 0 Å². The van der Waals surface area contributed by atoms with Crippen LogP contribution in [0.1, 0.15) is 0 Å². The Morgan fingerprint density at radius 2 is 1.08 bits per heavy atom.